The van der Waals surface area contributed by atoms with Crippen molar-refractivity contribution < 1.29 is 0 Å². The van der Waals surface area contributed by atoms with Gasteiger partial charge in [-0.05, 0) is 39.8 Å². The van der Waals surface area contributed by atoms with E-state index in [-0.39, 0.29) is 0 Å². The molecule has 112 valence electrons. The Morgan fingerprint density at radius 3 is 2.75 bits per heavy atom. The molecule has 0 atom stereocenters. The van der Waals surface area contributed by atoms with Crippen molar-refractivity contribution in [2.45, 2.75) is 39.2 Å². The number of rotatable bonds is 6. The third-order valence-electron chi connectivity index (χ3n) is 3.93. The first-order valence-electron chi connectivity index (χ1n) is 7.57. The van der Waals surface area contributed by atoms with Crippen molar-refractivity contribution in [1.29, 1.82) is 0 Å². The van der Waals surface area contributed by atoms with Crippen LogP contribution in [0.4, 0.5) is 0 Å². The fourth-order valence-electron chi connectivity index (χ4n) is 2.55. The molecule has 1 aliphatic heterocycles. The van der Waals surface area contributed by atoms with Gasteiger partial charge < -0.3 is 9.88 Å². The van der Waals surface area contributed by atoms with Crippen molar-refractivity contribution in [3.05, 3.63) is 23.8 Å². The Hall–Kier alpha value is -1.20. The number of likely N-dealkylation sites (tertiary alicyclic amines) is 1. The van der Waals surface area contributed by atoms with Gasteiger partial charge in [0, 0.05) is 32.6 Å². The lowest BCUT2D eigenvalue weighted by molar-refractivity contribution is 0.215. The molecule has 2 heterocycles. The molecule has 5 heteroatoms. The average molecular weight is 277 g/mol. The largest absolute Gasteiger partial charge is 0.321 e. The topological polar surface area (TPSA) is 46.0 Å². The van der Waals surface area contributed by atoms with E-state index in [0.717, 1.165) is 25.3 Å². The Morgan fingerprint density at radius 1 is 1.40 bits per heavy atom. The van der Waals surface area contributed by atoms with Gasteiger partial charge in [-0.1, -0.05) is 11.6 Å². The monoisotopic (exact) mass is 277 g/mol. The molecule has 0 saturated carbocycles. The first-order chi connectivity index (χ1) is 9.65. The summed E-state index contributed by atoms with van der Waals surface area (Å²) in [6.45, 7) is 8.83. The Labute approximate surface area is 122 Å². The van der Waals surface area contributed by atoms with Crippen LogP contribution >= 0.6 is 0 Å². The highest BCUT2D eigenvalue weighted by Gasteiger charge is 2.17. The van der Waals surface area contributed by atoms with E-state index in [1.807, 2.05) is 11.6 Å². The van der Waals surface area contributed by atoms with E-state index in [1.54, 1.807) is 6.33 Å². The average Bonchev–Trinajstić information content (AvgIpc) is 2.83. The minimum Gasteiger partial charge on any atom is -0.321 e. The summed E-state index contributed by atoms with van der Waals surface area (Å²) in [4.78, 5) is 2.54. The highest BCUT2D eigenvalue weighted by Crippen LogP contribution is 2.10. The van der Waals surface area contributed by atoms with Crippen LogP contribution in [0.3, 0.4) is 0 Å². The SMILES string of the molecule is CC(C)=CCN1CCC(NCCc2nncn2C)CC1. The molecule has 2 rings (SSSR count). The molecule has 0 amide bonds. The maximum absolute atomic E-state index is 4.11. The molecule has 1 fully saturated rings. The maximum Gasteiger partial charge on any atom is 0.133 e. The standard InChI is InChI=1S/C15H27N5/c1-13(2)5-9-20-10-6-14(7-11-20)16-8-4-15-18-17-12-19(15)3/h5,12,14,16H,4,6-11H2,1-3H3. The van der Waals surface area contributed by atoms with E-state index in [2.05, 4.69) is 40.3 Å². The van der Waals surface area contributed by atoms with Crippen LogP contribution in [0.5, 0.6) is 0 Å². The number of nitrogens with zero attached hydrogens (tertiary/aromatic N) is 4. The van der Waals surface area contributed by atoms with E-state index in [1.165, 1.54) is 31.5 Å². The second-order valence-corrected chi connectivity index (χ2v) is 5.92. The second-order valence-electron chi connectivity index (χ2n) is 5.92. The fourth-order valence-corrected chi connectivity index (χ4v) is 2.55. The lowest BCUT2D eigenvalue weighted by Crippen LogP contribution is -2.43. The van der Waals surface area contributed by atoms with Gasteiger partial charge in [0.15, 0.2) is 0 Å². The van der Waals surface area contributed by atoms with Crippen molar-refractivity contribution >= 4 is 0 Å². The number of nitrogens with one attached hydrogen (secondary N) is 1. The van der Waals surface area contributed by atoms with Crippen molar-refractivity contribution in [3.63, 3.8) is 0 Å². The van der Waals surface area contributed by atoms with E-state index in [9.17, 15) is 0 Å². The van der Waals surface area contributed by atoms with Crippen LogP contribution in [0.25, 0.3) is 0 Å². The van der Waals surface area contributed by atoms with Gasteiger partial charge in [0.05, 0.1) is 0 Å². The van der Waals surface area contributed by atoms with Gasteiger partial charge in [0.25, 0.3) is 0 Å². The molecule has 0 aromatic carbocycles. The van der Waals surface area contributed by atoms with Gasteiger partial charge in [-0.15, -0.1) is 10.2 Å². The van der Waals surface area contributed by atoms with Gasteiger partial charge in [0.2, 0.25) is 0 Å². The smallest absolute Gasteiger partial charge is 0.133 e. The molecular formula is C15H27N5. The number of hydrogen-bond acceptors (Lipinski definition) is 4. The van der Waals surface area contributed by atoms with E-state index in [4.69, 9.17) is 0 Å². The Bertz CT molecular complexity index is 425. The molecule has 1 saturated heterocycles. The predicted octanol–water partition coefficient (Wildman–Crippen LogP) is 1.38. The highest BCUT2D eigenvalue weighted by atomic mass is 15.2. The van der Waals surface area contributed by atoms with Gasteiger partial charge >= 0.3 is 0 Å². The third kappa shape index (κ3) is 4.72. The lowest BCUT2D eigenvalue weighted by Gasteiger charge is -2.31. The van der Waals surface area contributed by atoms with Crippen LogP contribution in [0.1, 0.15) is 32.5 Å². The molecule has 20 heavy (non-hydrogen) atoms. The summed E-state index contributed by atoms with van der Waals surface area (Å²) < 4.78 is 1.99. The number of allylic oxidation sites excluding steroid dienone is 1. The van der Waals surface area contributed by atoms with Crippen LogP contribution in [0.2, 0.25) is 0 Å². The van der Waals surface area contributed by atoms with Crippen molar-refractivity contribution in [1.82, 2.24) is 25.0 Å². The number of hydrogen-bond donors (Lipinski definition) is 1. The summed E-state index contributed by atoms with van der Waals surface area (Å²) >= 11 is 0. The number of piperidine rings is 1. The molecule has 1 aromatic rings. The van der Waals surface area contributed by atoms with Gasteiger partial charge in [-0.2, -0.15) is 0 Å². The molecule has 0 spiro atoms. The molecule has 1 aromatic heterocycles. The first kappa shape index (κ1) is 15.2. The zero-order valence-electron chi connectivity index (χ0n) is 13.0. The second kappa shape index (κ2) is 7.55. The Kier molecular flexibility index (Phi) is 5.73. The van der Waals surface area contributed by atoms with Gasteiger partial charge in [-0.25, -0.2) is 0 Å². The summed E-state index contributed by atoms with van der Waals surface area (Å²) in [6, 6.07) is 0.659. The third-order valence-corrected chi connectivity index (χ3v) is 3.93. The summed E-state index contributed by atoms with van der Waals surface area (Å²) in [6.07, 6.45) is 7.53. The summed E-state index contributed by atoms with van der Waals surface area (Å²) in [5, 5.41) is 11.7. The van der Waals surface area contributed by atoms with Crippen molar-refractivity contribution in [2.75, 3.05) is 26.2 Å². The molecule has 1 aliphatic rings. The number of aromatic nitrogens is 3. The van der Waals surface area contributed by atoms with Crippen LogP contribution < -0.4 is 5.32 Å². The molecule has 0 unspecified atom stereocenters. The van der Waals surface area contributed by atoms with Gasteiger partial charge in [-0.3, -0.25) is 4.90 Å². The summed E-state index contributed by atoms with van der Waals surface area (Å²) in [5.74, 6) is 1.05. The molecule has 0 bridgehead atoms. The molecule has 1 N–H and O–H groups in total. The zero-order chi connectivity index (χ0) is 14.4. The van der Waals surface area contributed by atoms with E-state index >= 15 is 0 Å². The normalized spacial score (nSPS) is 17.4. The fraction of sp³-hybridized carbons (Fsp3) is 0.733. The summed E-state index contributed by atoms with van der Waals surface area (Å²) in [5.41, 5.74) is 1.41. The van der Waals surface area contributed by atoms with Crippen molar-refractivity contribution in [3.8, 4) is 0 Å². The van der Waals surface area contributed by atoms with Crippen LogP contribution in [0, 0.1) is 0 Å². The minimum atomic E-state index is 0.659. The Morgan fingerprint density at radius 2 is 2.15 bits per heavy atom. The summed E-state index contributed by atoms with van der Waals surface area (Å²) in [7, 11) is 2.00. The van der Waals surface area contributed by atoms with Crippen LogP contribution in [0.15, 0.2) is 18.0 Å². The predicted molar refractivity (Wildman–Crippen MR) is 81.6 cm³/mol. The Balaban J connectivity index is 1.62. The van der Waals surface area contributed by atoms with E-state index < -0.39 is 0 Å². The molecule has 0 radical (unpaired) electrons. The van der Waals surface area contributed by atoms with Crippen molar-refractivity contribution in [2.24, 2.45) is 7.05 Å². The zero-order valence-corrected chi connectivity index (χ0v) is 13.0. The molecule has 5 nitrogen and oxygen atoms in total. The highest BCUT2D eigenvalue weighted by molar-refractivity contribution is 4.95. The molecule has 0 aliphatic carbocycles. The lowest BCUT2D eigenvalue weighted by atomic mass is 10.0. The minimum absolute atomic E-state index is 0.659. The van der Waals surface area contributed by atoms with Gasteiger partial charge in [0.1, 0.15) is 12.2 Å². The van der Waals surface area contributed by atoms with E-state index in [0.29, 0.717) is 6.04 Å². The number of aryl methyl sites for hydroxylation is 1. The maximum atomic E-state index is 4.11. The first-order valence-corrected chi connectivity index (χ1v) is 7.57. The molecular weight excluding hydrogens is 250 g/mol. The van der Waals surface area contributed by atoms with Crippen LogP contribution in [-0.2, 0) is 13.5 Å². The van der Waals surface area contributed by atoms with Crippen LogP contribution in [-0.4, -0.2) is 51.9 Å². The quantitative estimate of drug-likeness (QED) is 0.798.